The quantitative estimate of drug-likeness (QED) is 0.659. The highest BCUT2D eigenvalue weighted by Gasteiger charge is 2.29. The predicted molar refractivity (Wildman–Crippen MR) is 70.2 cm³/mol. The number of halogens is 1. The molecule has 0 saturated heterocycles. The van der Waals surface area contributed by atoms with E-state index >= 15 is 0 Å². The first kappa shape index (κ1) is 13.1. The van der Waals surface area contributed by atoms with Crippen LogP contribution in [0.15, 0.2) is 18.2 Å². The van der Waals surface area contributed by atoms with Crippen LogP contribution in [0.25, 0.3) is 0 Å². The van der Waals surface area contributed by atoms with Crippen molar-refractivity contribution in [3.05, 3.63) is 33.3 Å². The zero-order chi connectivity index (χ0) is 13.1. The molecule has 1 N–H and O–H groups in total. The number of ether oxygens (including phenoxy) is 1. The van der Waals surface area contributed by atoms with Crippen LogP contribution in [-0.4, -0.2) is 23.7 Å². The first-order valence-electron chi connectivity index (χ1n) is 5.92. The van der Waals surface area contributed by atoms with E-state index in [-0.39, 0.29) is 10.7 Å². The van der Waals surface area contributed by atoms with Crippen LogP contribution in [-0.2, 0) is 4.74 Å². The van der Waals surface area contributed by atoms with Crippen LogP contribution in [0.2, 0.25) is 5.02 Å². The van der Waals surface area contributed by atoms with E-state index in [4.69, 9.17) is 16.3 Å². The Morgan fingerprint density at radius 3 is 2.89 bits per heavy atom. The van der Waals surface area contributed by atoms with Gasteiger partial charge in [-0.1, -0.05) is 11.6 Å². The van der Waals surface area contributed by atoms with Gasteiger partial charge in [0.1, 0.15) is 5.02 Å². The van der Waals surface area contributed by atoms with Crippen molar-refractivity contribution in [2.24, 2.45) is 0 Å². The summed E-state index contributed by atoms with van der Waals surface area (Å²) in [6, 6.07) is 5.09. The Balaban J connectivity index is 1.95. The first-order chi connectivity index (χ1) is 8.60. The van der Waals surface area contributed by atoms with Crippen molar-refractivity contribution in [2.75, 3.05) is 11.9 Å². The minimum Gasteiger partial charge on any atom is -0.382 e. The Morgan fingerprint density at radius 2 is 2.28 bits per heavy atom. The van der Waals surface area contributed by atoms with Crippen molar-refractivity contribution >= 4 is 23.0 Å². The van der Waals surface area contributed by atoms with Gasteiger partial charge in [-0.25, -0.2) is 0 Å². The van der Waals surface area contributed by atoms with E-state index in [9.17, 15) is 10.1 Å². The number of rotatable bonds is 5. The van der Waals surface area contributed by atoms with Gasteiger partial charge in [-0.2, -0.15) is 0 Å². The average Bonchev–Trinajstić information content (AvgIpc) is 2.28. The molecule has 0 bridgehead atoms. The van der Waals surface area contributed by atoms with Crippen molar-refractivity contribution < 1.29 is 9.66 Å². The van der Waals surface area contributed by atoms with Gasteiger partial charge < -0.3 is 10.1 Å². The molecule has 2 rings (SSSR count). The van der Waals surface area contributed by atoms with Gasteiger partial charge in [-0.15, -0.1) is 0 Å². The van der Waals surface area contributed by atoms with Crippen molar-refractivity contribution in [1.29, 1.82) is 0 Å². The zero-order valence-electron chi connectivity index (χ0n) is 10.1. The maximum Gasteiger partial charge on any atom is 0.289 e. The van der Waals surface area contributed by atoms with E-state index in [1.54, 1.807) is 12.1 Å². The summed E-state index contributed by atoms with van der Waals surface area (Å²) >= 11 is 5.75. The highest BCUT2D eigenvalue weighted by Crippen LogP contribution is 2.31. The summed E-state index contributed by atoms with van der Waals surface area (Å²) in [6.45, 7) is 2.70. The zero-order valence-corrected chi connectivity index (χ0v) is 10.8. The number of nitro groups is 1. The number of hydrogen-bond acceptors (Lipinski definition) is 4. The SMILES string of the molecule is CCOC1CC(Nc2ccc(Cl)c([N+](=O)[O-])c2)C1. The monoisotopic (exact) mass is 270 g/mol. The van der Waals surface area contributed by atoms with Gasteiger partial charge in [-0.05, 0) is 31.9 Å². The number of hydrogen-bond donors (Lipinski definition) is 1. The molecule has 0 aliphatic heterocycles. The van der Waals surface area contributed by atoms with E-state index in [0.29, 0.717) is 12.1 Å². The van der Waals surface area contributed by atoms with E-state index in [0.717, 1.165) is 25.1 Å². The maximum atomic E-state index is 10.8. The van der Waals surface area contributed by atoms with Crippen LogP contribution in [0.5, 0.6) is 0 Å². The van der Waals surface area contributed by atoms with Gasteiger partial charge in [-0.3, -0.25) is 10.1 Å². The lowest BCUT2D eigenvalue weighted by atomic mass is 9.89. The molecule has 1 aliphatic rings. The molecule has 18 heavy (non-hydrogen) atoms. The molecule has 0 aromatic heterocycles. The summed E-state index contributed by atoms with van der Waals surface area (Å²) in [4.78, 5) is 10.3. The number of benzene rings is 1. The van der Waals surface area contributed by atoms with Gasteiger partial charge in [0.15, 0.2) is 0 Å². The summed E-state index contributed by atoms with van der Waals surface area (Å²) in [5.41, 5.74) is 0.661. The first-order valence-corrected chi connectivity index (χ1v) is 6.30. The third kappa shape index (κ3) is 2.91. The summed E-state index contributed by atoms with van der Waals surface area (Å²) in [5.74, 6) is 0. The molecule has 0 amide bonds. The van der Waals surface area contributed by atoms with E-state index in [1.807, 2.05) is 6.92 Å². The highest BCUT2D eigenvalue weighted by molar-refractivity contribution is 6.32. The fourth-order valence-corrected chi connectivity index (χ4v) is 2.22. The van der Waals surface area contributed by atoms with Crippen LogP contribution in [0.1, 0.15) is 19.8 Å². The van der Waals surface area contributed by atoms with Gasteiger partial charge in [0.25, 0.3) is 5.69 Å². The molecule has 1 aromatic rings. The molecular weight excluding hydrogens is 256 g/mol. The minimum atomic E-state index is -0.475. The predicted octanol–water partition coefficient (Wildman–Crippen LogP) is 3.23. The number of anilines is 1. The van der Waals surface area contributed by atoms with E-state index in [1.165, 1.54) is 6.07 Å². The Morgan fingerprint density at radius 1 is 1.56 bits per heavy atom. The molecule has 0 heterocycles. The molecular formula is C12H15ClN2O3. The third-order valence-electron chi connectivity index (χ3n) is 3.01. The Kier molecular flexibility index (Phi) is 4.04. The maximum absolute atomic E-state index is 10.8. The summed E-state index contributed by atoms with van der Waals surface area (Å²) in [5, 5.41) is 14.2. The smallest absolute Gasteiger partial charge is 0.289 e. The van der Waals surface area contributed by atoms with Gasteiger partial charge in [0.05, 0.1) is 11.0 Å². The largest absolute Gasteiger partial charge is 0.382 e. The highest BCUT2D eigenvalue weighted by atomic mass is 35.5. The fraction of sp³-hybridized carbons (Fsp3) is 0.500. The average molecular weight is 271 g/mol. The van der Waals surface area contributed by atoms with E-state index in [2.05, 4.69) is 5.32 Å². The standard InChI is InChI=1S/C12H15ClN2O3/c1-2-18-10-5-9(6-10)14-8-3-4-11(13)12(7-8)15(16)17/h3-4,7,9-10,14H,2,5-6H2,1H3. The van der Waals surface area contributed by atoms with Crippen LogP contribution in [0.4, 0.5) is 11.4 Å². The molecule has 0 atom stereocenters. The Hall–Kier alpha value is -1.33. The van der Waals surface area contributed by atoms with Gasteiger partial charge in [0, 0.05) is 24.4 Å². The lowest BCUT2D eigenvalue weighted by Gasteiger charge is -2.36. The summed E-state index contributed by atoms with van der Waals surface area (Å²) in [6.07, 6.45) is 2.18. The number of nitrogens with one attached hydrogen (secondary N) is 1. The minimum absolute atomic E-state index is 0.0673. The van der Waals surface area contributed by atoms with Crippen LogP contribution in [0.3, 0.4) is 0 Å². The lowest BCUT2D eigenvalue weighted by molar-refractivity contribution is -0.384. The molecule has 1 saturated carbocycles. The van der Waals surface area contributed by atoms with Gasteiger partial charge in [0.2, 0.25) is 0 Å². The van der Waals surface area contributed by atoms with Crippen LogP contribution < -0.4 is 5.32 Å². The molecule has 0 spiro atoms. The Bertz CT molecular complexity index is 447. The molecule has 0 radical (unpaired) electrons. The summed E-state index contributed by atoms with van der Waals surface area (Å²) < 4.78 is 5.46. The molecule has 5 nitrogen and oxygen atoms in total. The molecule has 6 heteroatoms. The van der Waals surface area contributed by atoms with Crippen molar-refractivity contribution in [2.45, 2.75) is 31.9 Å². The molecule has 1 aromatic carbocycles. The lowest BCUT2D eigenvalue weighted by Crippen LogP contribution is -2.40. The summed E-state index contributed by atoms with van der Waals surface area (Å²) in [7, 11) is 0. The second-order valence-corrected chi connectivity index (χ2v) is 4.72. The molecule has 0 unspecified atom stereocenters. The number of nitro benzene ring substituents is 1. The molecule has 1 fully saturated rings. The van der Waals surface area contributed by atoms with Gasteiger partial charge >= 0.3 is 0 Å². The van der Waals surface area contributed by atoms with Crippen LogP contribution >= 0.6 is 11.6 Å². The van der Waals surface area contributed by atoms with E-state index < -0.39 is 4.92 Å². The van der Waals surface area contributed by atoms with Crippen molar-refractivity contribution in [3.63, 3.8) is 0 Å². The van der Waals surface area contributed by atoms with Crippen molar-refractivity contribution in [1.82, 2.24) is 0 Å². The number of nitrogens with zero attached hydrogens (tertiary/aromatic N) is 1. The molecule has 1 aliphatic carbocycles. The normalized spacial score (nSPS) is 22.3. The fourth-order valence-electron chi connectivity index (χ4n) is 2.03. The topological polar surface area (TPSA) is 64.4 Å². The molecule has 98 valence electrons. The Labute approximate surface area is 110 Å². The van der Waals surface area contributed by atoms with Crippen molar-refractivity contribution in [3.8, 4) is 0 Å². The van der Waals surface area contributed by atoms with Crippen LogP contribution in [0, 0.1) is 10.1 Å². The second kappa shape index (κ2) is 5.54. The third-order valence-corrected chi connectivity index (χ3v) is 3.33. The second-order valence-electron chi connectivity index (χ2n) is 4.31.